The molecule has 5 heteroatoms. The maximum Gasteiger partial charge on any atom is 0.239 e. The van der Waals surface area contributed by atoms with Crippen molar-refractivity contribution in [1.29, 1.82) is 0 Å². The maximum absolute atomic E-state index is 10.9. The van der Waals surface area contributed by atoms with Gasteiger partial charge in [0.05, 0.1) is 11.8 Å². The zero-order chi connectivity index (χ0) is 13.0. The molecule has 0 spiro atoms. The highest BCUT2D eigenvalue weighted by Crippen LogP contribution is 2.26. The first-order valence-electron chi connectivity index (χ1n) is 5.52. The smallest absolute Gasteiger partial charge is 0.239 e. The van der Waals surface area contributed by atoms with Crippen LogP contribution in [0.15, 0.2) is 18.2 Å². The Morgan fingerprint density at radius 2 is 2.00 bits per heavy atom. The number of ether oxygens (including phenoxy) is 1. The minimum Gasteiger partial charge on any atom is -0.489 e. The first-order chi connectivity index (χ1) is 7.90. The van der Waals surface area contributed by atoms with Crippen LogP contribution in [0.4, 0.5) is 11.4 Å². The van der Waals surface area contributed by atoms with Crippen molar-refractivity contribution in [2.24, 2.45) is 5.73 Å². The summed E-state index contributed by atoms with van der Waals surface area (Å²) in [7, 11) is 0. The van der Waals surface area contributed by atoms with Crippen molar-refractivity contribution in [2.45, 2.75) is 32.9 Å². The fraction of sp³-hybridized carbons (Fsp3) is 0.417. The van der Waals surface area contributed by atoms with Gasteiger partial charge in [0.1, 0.15) is 11.8 Å². The number of nitrogens with one attached hydrogen (secondary N) is 1. The van der Waals surface area contributed by atoms with Gasteiger partial charge in [-0.3, -0.25) is 4.79 Å². The van der Waals surface area contributed by atoms with E-state index in [1.165, 1.54) is 0 Å². The van der Waals surface area contributed by atoms with Crippen LogP contribution in [0.25, 0.3) is 0 Å². The van der Waals surface area contributed by atoms with E-state index in [1.807, 2.05) is 13.8 Å². The molecule has 0 aliphatic rings. The number of hydrogen-bond acceptors (Lipinski definition) is 4. The molecule has 0 fully saturated rings. The van der Waals surface area contributed by atoms with Crippen LogP contribution in [0.1, 0.15) is 20.8 Å². The van der Waals surface area contributed by atoms with Crippen molar-refractivity contribution in [3.8, 4) is 5.75 Å². The van der Waals surface area contributed by atoms with Gasteiger partial charge in [-0.15, -0.1) is 0 Å². The molecule has 1 amide bonds. The Bertz CT molecular complexity index is 405. The Morgan fingerprint density at radius 3 is 2.53 bits per heavy atom. The van der Waals surface area contributed by atoms with Gasteiger partial charge < -0.3 is 21.5 Å². The van der Waals surface area contributed by atoms with E-state index in [0.717, 1.165) is 5.69 Å². The first kappa shape index (κ1) is 13.2. The van der Waals surface area contributed by atoms with E-state index in [2.05, 4.69) is 5.32 Å². The molecule has 5 N–H and O–H groups in total. The lowest BCUT2D eigenvalue weighted by Gasteiger charge is -2.16. The second-order valence-electron chi connectivity index (χ2n) is 4.19. The van der Waals surface area contributed by atoms with Gasteiger partial charge in [0.2, 0.25) is 5.91 Å². The Morgan fingerprint density at radius 1 is 1.35 bits per heavy atom. The third-order valence-corrected chi connectivity index (χ3v) is 2.19. The van der Waals surface area contributed by atoms with E-state index in [0.29, 0.717) is 11.4 Å². The van der Waals surface area contributed by atoms with Gasteiger partial charge in [0.15, 0.2) is 0 Å². The summed E-state index contributed by atoms with van der Waals surface area (Å²) >= 11 is 0. The lowest BCUT2D eigenvalue weighted by atomic mass is 10.2. The van der Waals surface area contributed by atoms with E-state index in [1.54, 1.807) is 25.1 Å². The van der Waals surface area contributed by atoms with Crippen molar-refractivity contribution in [2.75, 3.05) is 11.1 Å². The number of benzene rings is 1. The molecule has 0 bridgehead atoms. The molecule has 1 rings (SSSR count). The Kier molecular flexibility index (Phi) is 4.20. The number of hydrogen-bond donors (Lipinski definition) is 3. The summed E-state index contributed by atoms with van der Waals surface area (Å²) in [6.07, 6.45) is 0.0427. The van der Waals surface area contributed by atoms with Gasteiger partial charge in [0.25, 0.3) is 0 Å². The van der Waals surface area contributed by atoms with Gasteiger partial charge in [-0.25, -0.2) is 0 Å². The predicted octanol–water partition coefficient (Wildman–Crippen LogP) is 1.34. The van der Waals surface area contributed by atoms with Gasteiger partial charge >= 0.3 is 0 Å². The zero-order valence-electron chi connectivity index (χ0n) is 10.4. The molecule has 0 saturated heterocycles. The second kappa shape index (κ2) is 5.43. The number of carbonyl (C=O) groups excluding carboxylic acids is 1. The van der Waals surface area contributed by atoms with Crippen LogP contribution in [0.3, 0.4) is 0 Å². The van der Waals surface area contributed by atoms with Crippen molar-refractivity contribution >= 4 is 17.3 Å². The van der Waals surface area contributed by atoms with Crippen LogP contribution >= 0.6 is 0 Å². The van der Waals surface area contributed by atoms with Crippen LogP contribution in [-0.4, -0.2) is 18.1 Å². The third kappa shape index (κ3) is 3.86. The van der Waals surface area contributed by atoms with Crippen LogP contribution in [0.5, 0.6) is 5.75 Å². The number of primary amides is 1. The van der Waals surface area contributed by atoms with Gasteiger partial charge in [0, 0.05) is 11.8 Å². The van der Waals surface area contributed by atoms with Gasteiger partial charge in [-0.05, 0) is 32.9 Å². The molecule has 0 heterocycles. The van der Waals surface area contributed by atoms with E-state index in [4.69, 9.17) is 16.2 Å². The summed E-state index contributed by atoms with van der Waals surface area (Å²) in [5.41, 5.74) is 12.3. The van der Waals surface area contributed by atoms with Crippen LogP contribution in [0, 0.1) is 0 Å². The Balaban J connectivity index is 2.84. The number of nitrogens with two attached hydrogens (primary N) is 2. The number of anilines is 2. The van der Waals surface area contributed by atoms with E-state index >= 15 is 0 Å². The summed E-state index contributed by atoms with van der Waals surface area (Å²) in [5, 5.41) is 2.97. The standard InChI is InChI=1S/C12H19N3O2/c1-7(2)17-11-6-9(4-5-10(11)13)15-8(3)12(14)16/h4-8,15H,13H2,1-3H3,(H2,14,16). The zero-order valence-corrected chi connectivity index (χ0v) is 10.4. The minimum absolute atomic E-state index is 0.0427. The summed E-state index contributed by atoms with van der Waals surface area (Å²) in [6.45, 7) is 5.54. The van der Waals surface area contributed by atoms with Crippen molar-refractivity contribution in [1.82, 2.24) is 0 Å². The lowest BCUT2D eigenvalue weighted by molar-refractivity contribution is -0.118. The molecule has 17 heavy (non-hydrogen) atoms. The molecule has 0 saturated carbocycles. The largest absolute Gasteiger partial charge is 0.489 e. The molecule has 0 aliphatic heterocycles. The maximum atomic E-state index is 10.9. The lowest BCUT2D eigenvalue weighted by Crippen LogP contribution is -2.32. The molecule has 5 nitrogen and oxygen atoms in total. The van der Waals surface area contributed by atoms with Crippen molar-refractivity contribution < 1.29 is 9.53 Å². The van der Waals surface area contributed by atoms with Gasteiger partial charge in [-0.1, -0.05) is 0 Å². The molecule has 0 aromatic heterocycles. The van der Waals surface area contributed by atoms with Crippen LogP contribution in [-0.2, 0) is 4.79 Å². The number of carbonyl (C=O) groups is 1. The number of nitrogen functional groups attached to an aromatic ring is 1. The summed E-state index contributed by atoms with van der Waals surface area (Å²) in [5.74, 6) is 0.190. The molecular weight excluding hydrogens is 218 g/mol. The van der Waals surface area contributed by atoms with E-state index < -0.39 is 11.9 Å². The topological polar surface area (TPSA) is 90.4 Å². The summed E-state index contributed by atoms with van der Waals surface area (Å²) in [6, 6.07) is 4.83. The normalized spacial score (nSPS) is 12.2. The molecule has 0 radical (unpaired) electrons. The summed E-state index contributed by atoms with van der Waals surface area (Å²) in [4.78, 5) is 10.9. The monoisotopic (exact) mass is 237 g/mol. The third-order valence-electron chi connectivity index (χ3n) is 2.19. The SMILES string of the molecule is CC(C)Oc1cc(NC(C)C(N)=O)ccc1N. The molecule has 1 atom stereocenters. The molecule has 1 aromatic rings. The Labute approximate surface area is 101 Å². The number of amides is 1. The fourth-order valence-corrected chi connectivity index (χ4v) is 1.30. The van der Waals surface area contributed by atoms with E-state index in [9.17, 15) is 4.79 Å². The van der Waals surface area contributed by atoms with E-state index in [-0.39, 0.29) is 6.10 Å². The highest BCUT2D eigenvalue weighted by atomic mass is 16.5. The highest BCUT2D eigenvalue weighted by molar-refractivity contribution is 5.82. The predicted molar refractivity (Wildman–Crippen MR) is 68.9 cm³/mol. The van der Waals surface area contributed by atoms with Gasteiger partial charge in [-0.2, -0.15) is 0 Å². The molecular formula is C12H19N3O2. The number of rotatable bonds is 5. The van der Waals surface area contributed by atoms with Crippen molar-refractivity contribution in [3.05, 3.63) is 18.2 Å². The average Bonchev–Trinajstić information content (AvgIpc) is 2.22. The molecule has 1 aromatic carbocycles. The highest BCUT2D eigenvalue weighted by Gasteiger charge is 2.10. The first-order valence-corrected chi connectivity index (χ1v) is 5.52. The minimum atomic E-state index is -0.439. The summed E-state index contributed by atoms with van der Waals surface area (Å²) < 4.78 is 5.55. The molecule has 94 valence electrons. The quantitative estimate of drug-likeness (QED) is 0.674. The van der Waals surface area contributed by atoms with Crippen LogP contribution < -0.4 is 21.5 Å². The second-order valence-corrected chi connectivity index (χ2v) is 4.19. The molecule has 0 aliphatic carbocycles. The van der Waals surface area contributed by atoms with Crippen molar-refractivity contribution in [3.63, 3.8) is 0 Å². The fourth-order valence-electron chi connectivity index (χ4n) is 1.30. The van der Waals surface area contributed by atoms with Crippen LogP contribution in [0.2, 0.25) is 0 Å². The Hall–Kier alpha value is -1.91. The molecule has 1 unspecified atom stereocenters. The average molecular weight is 237 g/mol.